The number of nitrogens with zero attached hydrogens (tertiary/aromatic N) is 1. The minimum absolute atomic E-state index is 0.391. The number of aromatic amines is 1. The third-order valence-corrected chi connectivity index (χ3v) is 7.06. The molecule has 1 aliphatic heterocycles. The van der Waals surface area contributed by atoms with Gasteiger partial charge in [0.2, 0.25) is 0 Å². The molecule has 2 aromatic carbocycles. The van der Waals surface area contributed by atoms with Crippen LogP contribution in [0.3, 0.4) is 0 Å². The van der Waals surface area contributed by atoms with Crippen LogP contribution in [0.5, 0.6) is 0 Å². The van der Waals surface area contributed by atoms with Crippen LogP contribution < -0.4 is 10.2 Å². The molecule has 0 radical (unpaired) electrons. The van der Waals surface area contributed by atoms with Gasteiger partial charge in [-0.1, -0.05) is 36.4 Å². The molecule has 3 nitrogen and oxygen atoms in total. The summed E-state index contributed by atoms with van der Waals surface area (Å²) >= 11 is 0. The summed E-state index contributed by atoms with van der Waals surface area (Å²) in [5, 5.41) is 3.84. The van der Waals surface area contributed by atoms with Crippen molar-refractivity contribution in [1.29, 1.82) is 0 Å². The molecule has 3 heteroatoms. The zero-order valence-electron chi connectivity index (χ0n) is 17.1. The second kappa shape index (κ2) is 6.28. The van der Waals surface area contributed by atoms with Crippen molar-refractivity contribution in [3.63, 3.8) is 0 Å². The van der Waals surface area contributed by atoms with E-state index in [1.54, 1.807) is 11.1 Å². The molecule has 3 atom stereocenters. The molecule has 146 valence electrons. The van der Waals surface area contributed by atoms with Gasteiger partial charge in [-0.25, -0.2) is 0 Å². The second-order valence-electron chi connectivity index (χ2n) is 8.88. The predicted molar refractivity (Wildman–Crippen MR) is 121 cm³/mol. The van der Waals surface area contributed by atoms with Crippen LogP contribution in [-0.2, 0) is 12.8 Å². The third-order valence-electron chi connectivity index (χ3n) is 7.06. The van der Waals surface area contributed by atoms with Gasteiger partial charge < -0.3 is 15.2 Å². The normalized spacial score (nSPS) is 23.6. The number of hydrogen-bond acceptors (Lipinski definition) is 2. The van der Waals surface area contributed by atoms with Crippen molar-refractivity contribution in [3.05, 3.63) is 88.2 Å². The van der Waals surface area contributed by atoms with E-state index in [9.17, 15) is 0 Å². The highest BCUT2D eigenvalue weighted by Gasteiger charge is 2.45. The summed E-state index contributed by atoms with van der Waals surface area (Å²) in [6.45, 7) is 0. The first-order valence-electron chi connectivity index (χ1n) is 10.7. The molecule has 2 N–H and O–H groups in total. The summed E-state index contributed by atoms with van der Waals surface area (Å²) in [6, 6.07) is 18.6. The van der Waals surface area contributed by atoms with Crippen molar-refractivity contribution in [2.75, 3.05) is 24.3 Å². The number of para-hydroxylation sites is 1. The summed E-state index contributed by atoms with van der Waals surface area (Å²) in [5.41, 5.74) is 11.4. The smallest absolute Gasteiger partial charge is 0.0415 e. The molecule has 0 saturated heterocycles. The molecule has 0 saturated carbocycles. The maximum absolute atomic E-state index is 3.84. The van der Waals surface area contributed by atoms with Gasteiger partial charge in [-0.3, -0.25) is 0 Å². The van der Waals surface area contributed by atoms with E-state index in [2.05, 4.69) is 90.0 Å². The fourth-order valence-electron chi connectivity index (χ4n) is 5.78. The number of hydrogen-bond donors (Lipinski definition) is 2. The van der Waals surface area contributed by atoms with E-state index in [0.29, 0.717) is 17.9 Å². The molecule has 6 rings (SSSR count). The molecule has 0 bridgehead atoms. The fourth-order valence-corrected chi connectivity index (χ4v) is 5.78. The Morgan fingerprint density at radius 2 is 1.83 bits per heavy atom. The van der Waals surface area contributed by atoms with Crippen molar-refractivity contribution >= 4 is 17.5 Å². The van der Waals surface area contributed by atoms with Gasteiger partial charge in [-0.05, 0) is 59.4 Å². The van der Waals surface area contributed by atoms with Gasteiger partial charge in [-0.2, -0.15) is 0 Å². The van der Waals surface area contributed by atoms with Crippen molar-refractivity contribution in [2.45, 2.75) is 37.1 Å². The number of aromatic nitrogens is 1. The molecule has 0 amide bonds. The lowest BCUT2D eigenvalue weighted by molar-refractivity contribution is 0.494. The van der Waals surface area contributed by atoms with E-state index >= 15 is 0 Å². The van der Waals surface area contributed by atoms with E-state index in [-0.39, 0.29) is 0 Å². The van der Waals surface area contributed by atoms with Crippen LogP contribution in [-0.4, -0.2) is 25.1 Å². The van der Waals surface area contributed by atoms with Gasteiger partial charge in [0.1, 0.15) is 0 Å². The van der Waals surface area contributed by atoms with Gasteiger partial charge >= 0.3 is 0 Å². The summed E-state index contributed by atoms with van der Waals surface area (Å²) in [5.74, 6) is 0.873. The van der Waals surface area contributed by atoms with Gasteiger partial charge in [-0.15, -0.1) is 0 Å². The standard InChI is InChI=1S/C26H27N3/c1-29(2)17-13-11-16(12-14-17)24-25-18-7-3-5-9-20(18)27-22(25)15-23-26(24)19-8-4-6-10-21(19)28-23/h3,5-7,9-14,22,24-25,27-28H,4,8,15H2,1-2H3. The SMILES string of the molecule is CN(C)c1ccc(C2c3c([nH]c4c3CCC=C4)CC3Nc4ccccc4C32)cc1. The molecular weight excluding hydrogens is 354 g/mol. The molecule has 3 aromatic rings. The van der Waals surface area contributed by atoms with Crippen molar-refractivity contribution in [3.8, 4) is 0 Å². The molecule has 1 aromatic heterocycles. The maximum atomic E-state index is 3.84. The predicted octanol–water partition coefficient (Wildman–Crippen LogP) is 5.31. The number of fused-ring (bicyclic) bond motifs is 6. The molecule has 29 heavy (non-hydrogen) atoms. The maximum Gasteiger partial charge on any atom is 0.0415 e. The minimum atomic E-state index is 0.391. The summed E-state index contributed by atoms with van der Waals surface area (Å²) < 4.78 is 0. The molecular formula is C26H27N3. The number of allylic oxidation sites excluding steroid dienone is 1. The number of H-pyrrole nitrogens is 1. The van der Waals surface area contributed by atoms with Gasteiger partial charge in [0.05, 0.1) is 0 Å². The Hall–Kier alpha value is -2.94. The Labute approximate surface area is 172 Å². The van der Waals surface area contributed by atoms with Gasteiger partial charge in [0, 0.05) is 61.2 Å². The molecule has 3 unspecified atom stereocenters. The lowest BCUT2D eigenvalue weighted by atomic mass is 9.68. The first-order valence-corrected chi connectivity index (χ1v) is 10.7. The van der Waals surface area contributed by atoms with Crippen molar-refractivity contribution in [2.24, 2.45) is 0 Å². The number of nitrogens with one attached hydrogen (secondary N) is 2. The zero-order chi connectivity index (χ0) is 19.5. The Kier molecular flexibility index (Phi) is 3.67. The van der Waals surface area contributed by atoms with E-state index in [1.165, 1.54) is 33.9 Å². The Balaban J connectivity index is 1.55. The monoisotopic (exact) mass is 381 g/mol. The summed E-state index contributed by atoms with van der Waals surface area (Å²) in [4.78, 5) is 5.96. The largest absolute Gasteiger partial charge is 0.381 e. The van der Waals surface area contributed by atoms with Crippen LogP contribution in [0.4, 0.5) is 11.4 Å². The molecule has 0 spiro atoms. The first-order chi connectivity index (χ1) is 14.2. The van der Waals surface area contributed by atoms with E-state index in [0.717, 1.165) is 19.3 Å². The average Bonchev–Trinajstić information content (AvgIpc) is 3.30. The van der Waals surface area contributed by atoms with E-state index in [4.69, 9.17) is 0 Å². The third kappa shape index (κ3) is 2.50. The average molecular weight is 382 g/mol. The Morgan fingerprint density at radius 1 is 1.00 bits per heavy atom. The van der Waals surface area contributed by atoms with Gasteiger partial charge in [0.15, 0.2) is 0 Å². The van der Waals surface area contributed by atoms with E-state index < -0.39 is 0 Å². The second-order valence-corrected chi connectivity index (χ2v) is 8.88. The fraction of sp³-hybridized carbons (Fsp3) is 0.308. The number of benzene rings is 2. The van der Waals surface area contributed by atoms with Crippen LogP contribution in [0.15, 0.2) is 54.6 Å². The molecule has 3 aliphatic rings. The van der Waals surface area contributed by atoms with Crippen LogP contribution in [0.1, 0.15) is 51.9 Å². The van der Waals surface area contributed by atoms with Gasteiger partial charge in [0.25, 0.3) is 0 Å². The zero-order valence-corrected chi connectivity index (χ0v) is 17.1. The number of anilines is 2. The van der Waals surface area contributed by atoms with Crippen molar-refractivity contribution in [1.82, 2.24) is 4.98 Å². The first kappa shape index (κ1) is 17.0. The summed E-state index contributed by atoms with van der Waals surface area (Å²) in [6.07, 6.45) is 7.96. The van der Waals surface area contributed by atoms with E-state index in [1.807, 2.05) is 0 Å². The van der Waals surface area contributed by atoms with Crippen LogP contribution in [0.25, 0.3) is 6.08 Å². The van der Waals surface area contributed by atoms with Crippen LogP contribution in [0, 0.1) is 0 Å². The lowest BCUT2D eigenvalue weighted by Crippen LogP contribution is -2.33. The highest BCUT2D eigenvalue weighted by molar-refractivity contribution is 5.67. The molecule has 0 fully saturated rings. The minimum Gasteiger partial charge on any atom is -0.381 e. The molecule has 2 aliphatic carbocycles. The Morgan fingerprint density at radius 3 is 2.66 bits per heavy atom. The lowest BCUT2D eigenvalue weighted by Gasteiger charge is -2.36. The van der Waals surface area contributed by atoms with Crippen molar-refractivity contribution < 1.29 is 0 Å². The highest BCUT2D eigenvalue weighted by Crippen LogP contribution is 2.54. The summed E-state index contributed by atoms with van der Waals surface area (Å²) in [7, 11) is 4.21. The molecule has 2 heterocycles. The van der Waals surface area contributed by atoms with Crippen LogP contribution in [0.2, 0.25) is 0 Å². The quantitative estimate of drug-likeness (QED) is 0.631. The topological polar surface area (TPSA) is 31.1 Å². The highest BCUT2D eigenvalue weighted by atomic mass is 15.1. The van der Waals surface area contributed by atoms with Crippen LogP contribution >= 0.6 is 0 Å². The number of rotatable bonds is 2. The Bertz CT molecular complexity index is 1100.